The molecular formula is C14H15O2P. The van der Waals surface area contributed by atoms with E-state index >= 15 is 0 Å². The normalized spacial score (nSPS) is 10.1. The highest BCUT2D eigenvalue weighted by atomic mass is 31.0. The van der Waals surface area contributed by atoms with Crippen molar-refractivity contribution in [2.45, 2.75) is 0 Å². The van der Waals surface area contributed by atoms with Crippen molar-refractivity contribution in [1.29, 1.82) is 0 Å². The van der Waals surface area contributed by atoms with Crippen LogP contribution in [0.4, 0.5) is 0 Å². The molecule has 0 N–H and O–H groups in total. The van der Waals surface area contributed by atoms with Gasteiger partial charge in [-0.3, -0.25) is 0 Å². The van der Waals surface area contributed by atoms with Gasteiger partial charge in [0.2, 0.25) is 0 Å². The number of hydrogen-bond donors (Lipinski definition) is 0. The molecule has 0 bridgehead atoms. The highest BCUT2D eigenvalue weighted by Crippen LogP contribution is 2.37. The van der Waals surface area contributed by atoms with E-state index in [9.17, 15) is 0 Å². The predicted molar refractivity (Wildman–Crippen MR) is 74.3 cm³/mol. The first-order valence-corrected chi connectivity index (χ1v) is 5.91. The molecule has 1 atom stereocenters. The maximum absolute atomic E-state index is 5.40. The van der Waals surface area contributed by atoms with E-state index < -0.39 is 0 Å². The average Bonchev–Trinajstić information content (AvgIpc) is 2.37. The minimum absolute atomic E-state index is 0.819. The quantitative estimate of drug-likeness (QED) is 0.775. The van der Waals surface area contributed by atoms with Crippen LogP contribution in [0.5, 0.6) is 11.5 Å². The highest BCUT2D eigenvalue weighted by molar-refractivity contribution is 7.27. The van der Waals surface area contributed by atoms with E-state index in [4.69, 9.17) is 9.47 Å². The van der Waals surface area contributed by atoms with Crippen LogP contribution in [0.25, 0.3) is 11.1 Å². The van der Waals surface area contributed by atoms with Crippen LogP contribution < -0.4 is 14.8 Å². The molecule has 0 spiro atoms. The maximum atomic E-state index is 5.40. The summed E-state index contributed by atoms with van der Waals surface area (Å²) in [7, 11) is 6.03. The van der Waals surface area contributed by atoms with Crippen LogP contribution in [-0.4, -0.2) is 14.2 Å². The van der Waals surface area contributed by atoms with E-state index in [0.717, 1.165) is 27.9 Å². The third kappa shape index (κ3) is 2.42. The number of methoxy groups -OCH3 is 2. The number of hydrogen-bond acceptors (Lipinski definition) is 2. The molecule has 0 saturated heterocycles. The summed E-state index contributed by atoms with van der Waals surface area (Å²) in [5, 5.41) is 1.13. The summed E-state index contributed by atoms with van der Waals surface area (Å²) >= 11 is 0. The van der Waals surface area contributed by atoms with Gasteiger partial charge in [-0.05, 0) is 29.1 Å². The Morgan fingerprint density at radius 1 is 0.882 bits per heavy atom. The SMILES string of the molecule is COc1cccc(OC)c1-c1cccc(P)c1. The van der Waals surface area contributed by atoms with Crippen LogP contribution in [0.3, 0.4) is 0 Å². The van der Waals surface area contributed by atoms with Crippen molar-refractivity contribution in [3.05, 3.63) is 42.5 Å². The Kier molecular flexibility index (Phi) is 3.65. The van der Waals surface area contributed by atoms with E-state index in [0.29, 0.717) is 0 Å². The molecule has 0 aromatic heterocycles. The Hall–Kier alpha value is -1.53. The van der Waals surface area contributed by atoms with Crippen LogP contribution in [0, 0.1) is 0 Å². The first kappa shape index (κ1) is 11.9. The first-order valence-electron chi connectivity index (χ1n) is 5.33. The molecule has 2 aromatic rings. The van der Waals surface area contributed by atoms with Crippen molar-refractivity contribution >= 4 is 14.5 Å². The third-order valence-electron chi connectivity index (χ3n) is 2.60. The molecule has 0 heterocycles. The smallest absolute Gasteiger partial charge is 0.130 e. The summed E-state index contributed by atoms with van der Waals surface area (Å²) in [6.07, 6.45) is 0. The zero-order chi connectivity index (χ0) is 12.3. The van der Waals surface area contributed by atoms with E-state index in [1.807, 2.05) is 36.4 Å². The molecule has 0 saturated carbocycles. The van der Waals surface area contributed by atoms with E-state index in [2.05, 4.69) is 15.3 Å². The molecule has 17 heavy (non-hydrogen) atoms. The lowest BCUT2D eigenvalue weighted by Crippen LogP contribution is -1.95. The van der Waals surface area contributed by atoms with Gasteiger partial charge in [-0.2, -0.15) is 0 Å². The molecule has 88 valence electrons. The first-order chi connectivity index (χ1) is 8.26. The number of rotatable bonds is 3. The second-order valence-corrected chi connectivity index (χ2v) is 4.33. The standard InChI is InChI=1S/C14H15O2P/c1-15-12-7-4-8-13(16-2)14(12)10-5-3-6-11(17)9-10/h3-9H,17H2,1-2H3. The number of ether oxygens (including phenoxy) is 2. The van der Waals surface area contributed by atoms with Gasteiger partial charge in [0, 0.05) is 0 Å². The Labute approximate surface area is 104 Å². The van der Waals surface area contributed by atoms with Crippen LogP contribution in [0.15, 0.2) is 42.5 Å². The minimum atomic E-state index is 0.819. The van der Waals surface area contributed by atoms with E-state index in [-0.39, 0.29) is 0 Å². The van der Waals surface area contributed by atoms with Crippen molar-refractivity contribution in [1.82, 2.24) is 0 Å². The van der Waals surface area contributed by atoms with Gasteiger partial charge in [-0.25, -0.2) is 0 Å². The van der Waals surface area contributed by atoms with Gasteiger partial charge in [0.25, 0.3) is 0 Å². The van der Waals surface area contributed by atoms with Crippen molar-refractivity contribution in [2.24, 2.45) is 0 Å². The minimum Gasteiger partial charge on any atom is -0.496 e. The van der Waals surface area contributed by atoms with Gasteiger partial charge in [0.1, 0.15) is 11.5 Å². The fourth-order valence-electron chi connectivity index (χ4n) is 1.83. The molecule has 0 aliphatic heterocycles. The van der Waals surface area contributed by atoms with E-state index in [1.54, 1.807) is 14.2 Å². The average molecular weight is 246 g/mol. The monoisotopic (exact) mass is 246 g/mol. The van der Waals surface area contributed by atoms with Crippen molar-refractivity contribution in [2.75, 3.05) is 14.2 Å². The van der Waals surface area contributed by atoms with Crippen LogP contribution in [0.1, 0.15) is 0 Å². The molecule has 0 aliphatic carbocycles. The molecule has 3 heteroatoms. The zero-order valence-electron chi connectivity index (χ0n) is 9.94. The molecule has 0 radical (unpaired) electrons. The summed E-state index contributed by atoms with van der Waals surface area (Å²) in [5.41, 5.74) is 2.08. The second-order valence-electron chi connectivity index (χ2n) is 3.66. The van der Waals surface area contributed by atoms with Gasteiger partial charge in [0.05, 0.1) is 19.8 Å². The Morgan fingerprint density at radius 2 is 1.47 bits per heavy atom. The molecule has 0 fully saturated rings. The lowest BCUT2D eigenvalue weighted by Gasteiger charge is -2.13. The molecule has 1 unspecified atom stereocenters. The fraction of sp³-hybridized carbons (Fsp3) is 0.143. The highest BCUT2D eigenvalue weighted by Gasteiger charge is 2.11. The van der Waals surface area contributed by atoms with Gasteiger partial charge < -0.3 is 9.47 Å². The van der Waals surface area contributed by atoms with Crippen molar-refractivity contribution in [3.8, 4) is 22.6 Å². The Morgan fingerprint density at radius 3 is 2.00 bits per heavy atom. The zero-order valence-corrected chi connectivity index (χ0v) is 11.1. The van der Waals surface area contributed by atoms with Gasteiger partial charge in [0.15, 0.2) is 0 Å². The van der Waals surface area contributed by atoms with Crippen LogP contribution in [0.2, 0.25) is 0 Å². The summed E-state index contributed by atoms with van der Waals surface area (Å²) in [6, 6.07) is 14.0. The molecule has 0 aliphatic rings. The lowest BCUT2D eigenvalue weighted by molar-refractivity contribution is 0.397. The van der Waals surface area contributed by atoms with Crippen LogP contribution in [-0.2, 0) is 0 Å². The van der Waals surface area contributed by atoms with E-state index in [1.165, 1.54) is 0 Å². The summed E-state index contributed by atoms with van der Waals surface area (Å²) < 4.78 is 10.8. The summed E-state index contributed by atoms with van der Waals surface area (Å²) in [4.78, 5) is 0. The topological polar surface area (TPSA) is 18.5 Å². The molecule has 2 rings (SSSR count). The molecule has 0 amide bonds. The fourth-order valence-corrected chi connectivity index (χ4v) is 2.12. The van der Waals surface area contributed by atoms with Crippen LogP contribution >= 0.6 is 9.24 Å². The van der Waals surface area contributed by atoms with Crippen molar-refractivity contribution in [3.63, 3.8) is 0 Å². The Balaban J connectivity index is 2.64. The third-order valence-corrected chi connectivity index (χ3v) is 2.96. The van der Waals surface area contributed by atoms with Gasteiger partial charge >= 0.3 is 0 Å². The summed E-state index contributed by atoms with van der Waals surface area (Å²) in [6.45, 7) is 0. The van der Waals surface area contributed by atoms with Crippen molar-refractivity contribution < 1.29 is 9.47 Å². The Bertz CT molecular complexity index is 501. The largest absolute Gasteiger partial charge is 0.496 e. The number of benzene rings is 2. The maximum Gasteiger partial charge on any atom is 0.130 e. The molecule has 2 nitrogen and oxygen atoms in total. The molecule has 2 aromatic carbocycles. The molecular weight excluding hydrogens is 231 g/mol. The van der Waals surface area contributed by atoms with Gasteiger partial charge in [-0.15, -0.1) is 9.24 Å². The lowest BCUT2D eigenvalue weighted by atomic mass is 10.0. The predicted octanol–water partition coefficient (Wildman–Crippen LogP) is 2.87. The second kappa shape index (κ2) is 5.20. The summed E-state index contributed by atoms with van der Waals surface area (Å²) in [5.74, 6) is 1.64. The van der Waals surface area contributed by atoms with Gasteiger partial charge in [-0.1, -0.05) is 24.3 Å².